The molecule has 3 rings (SSSR count). The number of halogens is 1. The van der Waals surface area contributed by atoms with Crippen LogP contribution in [0.25, 0.3) is 0 Å². The molecule has 2 heterocycles. The Labute approximate surface area is 129 Å². The Morgan fingerprint density at radius 1 is 1.14 bits per heavy atom. The topological polar surface area (TPSA) is 53.9 Å². The van der Waals surface area contributed by atoms with Crippen LogP contribution in [0.2, 0.25) is 0 Å². The number of nitrogens with zero attached hydrogens (tertiary/aromatic N) is 4. The van der Waals surface area contributed by atoms with Gasteiger partial charge in [-0.1, -0.05) is 18.2 Å². The summed E-state index contributed by atoms with van der Waals surface area (Å²) in [6.07, 6.45) is 5.96. The zero-order valence-corrected chi connectivity index (χ0v) is 12.5. The lowest BCUT2D eigenvalue weighted by Gasteiger charge is -2.27. The zero-order valence-electron chi connectivity index (χ0n) is 12.5. The van der Waals surface area contributed by atoms with E-state index in [2.05, 4.69) is 25.4 Å². The third-order valence-corrected chi connectivity index (χ3v) is 3.86. The first-order valence-electron chi connectivity index (χ1n) is 7.75. The van der Waals surface area contributed by atoms with E-state index in [4.69, 9.17) is 0 Å². The molecule has 22 heavy (non-hydrogen) atoms. The van der Waals surface area contributed by atoms with E-state index in [1.54, 1.807) is 18.3 Å². The van der Waals surface area contributed by atoms with Crippen LogP contribution in [-0.2, 0) is 6.42 Å². The molecule has 0 atom stereocenters. The third-order valence-electron chi connectivity index (χ3n) is 3.86. The van der Waals surface area contributed by atoms with Crippen molar-refractivity contribution in [2.24, 2.45) is 0 Å². The van der Waals surface area contributed by atoms with E-state index in [9.17, 15) is 4.39 Å². The van der Waals surface area contributed by atoms with Crippen LogP contribution in [0.4, 0.5) is 16.2 Å². The molecule has 116 valence electrons. The molecule has 1 aliphatic rings. The smallest absolute Gasteiger partial charge is 0.244 e. The van der Waals surface area contributed by atoms with Crippen molar-refractivity contribution in [3.8, 4) is 0 Å². The highest BCUT2D eigenvalue weighted by atomic mass is 19.1. The molecule has 2 aromatic rings. The molecule has 1 saturated heterocycles. The van der Waals surface area contributed by atoms with Gasteiger partial charge < -0.3 is 10.2 Å². The molecule has 1 N–H and O–H groups in total. The van der Waals surface area contributed by atoms with Gasteiger partial charge >= 0.3 is 0 Å². The minimum absolute atomic E-state index is 0.176. The van der Waals surface area contributed by atoms with Crippen LogP contribution in [-0.4, -0.2) is 34.8 Å². The van der Waals surface area contributed by atoms with Crippen molar-refractivity contribution >= 4 is 11.8 Å². The lowest BCUT2D eigenvalue weighted by atomic mass is 10.1. The number of hydrogen-bond donors (Lipinski definition) is 1. The van der Waals surface area contributed by atoms with Crippen molar-refractivity contribution in [1.82, 2.24) is 15.2 Å². The van der Waals surface area contributed by atoms with Gasteiger partial charge in [-0.05, 0) is 37.3 Å². The van der Waals surface area contributed by atoms with Crippen LogP contribution >= 0.6 is 0 Å². The Morgan fingerprint density at radius 3 is 2.77 bits per heavy atom. The first-order valence-corrected chi connectivity index (χ1v) is 7.75. The van der Waals surface area contributed by atoms with Crippen molar-refractivity contribution in [2.45, 2.75) is 25.7 Å². The summed E-state index contributed by atoms with van der Waals surface area (Å²) in [5, 5.41) is 11.1. The van der Waals surface area contributed by atoms with Gasteiger partial charge in [0, 0.05) is 19.6 Å². The predicted molar refractivity (Wildman–Crippen MR) is 84.5 cm³/mol. The van der Waals surface area contributed by atoms with Gasteiger partial charge in [-0.3, -0.25) is 0 Å². The molecule has 6 heteroatoms. The molecule has 0 unspecified atom stereocenters. The number of benzene rings is 1. The molecule has 0 amide bonds. The van der Waals surface area contributed by atoms with E-state index in [0.717, 1.165) is 18.9 Å². The Morgan fingerprint density at radius 2 is 1.95 bits per heavy atom. The lowest BCUT2D eigenvalue weighted by Crippen LogP contribution is -2.30. The van der Waals surface area contributed by atoms with Gasteiger partial charge in [-0.2, -0.15) is 10.1 Å². The summed E-state index contributed by atoms with van der Waals surface area (Å²) in [6.45, 7) is 2.62. The van der Waals surface area contributed by atoms with Crippen molar-refractivity contribution in [1.29, 1.82) is 0 Å². The highest BCUT2D eigenvalue weighted by Gasteiger charge is 2.13. The Kier molecular flexibility index (Phi) is 4.78. The second kappa shape index (κ2) is 7.15. The highest BCUT2D eigenvalue weighted by molar-refractivity contribution is 5.40. The Balaban J connectivity index is 1.57. The van der Waals surface area contributed by atoms with Crippen LogP contribution < -0.4 is 10.2 Å². The average Bonchev–Trinajstić information content (AvgIpc) is 2.58. The second-order valence-corrected chi connectivity index (χ2v) is 5.45. The second-order valence-electron chi connectivity index (χ2n) is 5.45. The number of hydrogen-bond acceptors (Lipinski definition) is 5. The molecule has 5 nitrogen and oxygen atoms in total. The minimum Gasteiger partial charge on any atom is -0.355 e. The third kappa shape index (κ3) is 3.69. The molecule has 0 spiro atoms. The summed E-state index contributed by atoms with van der Waals surface area (Å²) >= 11 is 0. The van der Waals surface area contributed by atoms with E-state index in [1.165, 1.54) is 25.3 Å². The van der Waals surface area contributed by atoms with Gasteiger partial charge in [0.05, 0.1) is 6.20 Å². The van der Waals surface area contributed by atoms with Crippen LogP contribution in [0, 0.1) is 5.82 Å². The standard InChI is InChI=1S/C16H20FN5/c17-14-7-3-2-6-13(14)8-9-18-16-20-15(12-19-21-16)22-10-4-1-5-11-22/h2-3,6-7,12H,1,4-5,8-11H2,(H,18,20,21). The van der Waals surface area contributed by atoms with Gasteiger partial charge in [0.15, 0.2) is 5.82 Å². The number of piperidine rings is 1. The molecule has 1 aliphatic heterocycles. The van der Waals surface area contributed by atoms with Gasteiger partial charge in [-0.25, -0.2) is 4.39 Å². The molecule has 0 radical (unpaired) electrons. The molecule has 1 aromatic heterocycles. The fourth-order valence-electron chi connectivity index (χ4n) is 2.66. The molecule has 0 aliphatic carbocycles. The molecule has 1 aromatic carbocycles. The highest BCUT2D eigenvalue weighted by Crippen LogP contribution is 2.17. The quantitative estimate of drug-likeness (QED) is 0.920. The number of rotatable bonds is 5. The van der Waals surface area contributed by atoms with Gasteiger partial charge in [0.1, 0.15) is 5.82 Å². The molecule has 0 saturated carbocycles. The summed E-state index contributed by atoms with van der Waals surface area (Å²) in [6, 6.07) is 6.81. The summed E-state index contributed by atoms with van der Waals surface area (Å²) < 4.78 is 13.5. The largest absolute Gasteiger partial charge is 0.355 e. The monoisotopic (exact) mass is 301 g/mol. The number of aromatic nitrogens is 3. The molecule has 1 fully saturated rings. The lowest BCUT2D eigenvalue weighted by molar-refractivity contribution is 0.572. The van der Waals surface area contributed by atoms with Gasteiger partial charge in [0.25, 0.3) is 0 Å². The fraction of sp³-hybridized carbons (Fsp3) is 0.438. The summed E-state index contributed by atoms with van der Waals surface area (Å²) in [5.74, 6) is 1.19. The van der Waals surface area contributed by atoms with E-state index < -0.39 is 0 Å². The van der Waals surface area contributed by atoms with Gasteiger partial charge in [0.2, 0.25) is 5.95 Å². The Hall–Kier alpha value is -2.24. The molecular weight excluding hydrogens is 281 g/mol. The van der Waals surface area contributed by atoms with Gasteiger partial charge in [-0.15, -0.1) is 5.10 Å². The molecule has 0 bridgehead atoms. The van der Waals surface area contributed by atoms with Crippen molar-refractivity contribution in [3.63, 3.8) is 0 Å². The average molecular weight is 301 g/mol. The SMILES string of the molecule is Fc1ccccc1CCNc1nncc(N2CCCCC2)n1. The maximum atomic E-state index is 13.5. The van der Waals surface area contributed by atoms with Crippen LogP contribution in [0.1, 0.15) is 24.8 Å². The van der Waals surface area contributed by atoms with Crippen molar-refractivity contribution in [3.05, 3.63) is 41.8 Å². The summed E-state index contributed by atoms with van der Waals surface area (Å²) in [5.41, 5.74) is 0.690. The molecular formula is C16H20FN5. The first-order chi connectivity index (χ1) is 10.8. The summed E-state index contributed by atoms with van der Waals surface area (Å²) in [4.78, 5) is 6.73. The van der Waals surface area contributed by atoms with Crippen molar-refractivity contribution < 1.29 is 4.39 Å². The fourth-order valence-corrected chi connectivity index (χ4v) is 2.66. The predicted octanol–water partition coefficient (Wildman–Crippen LogP) is 2.66. The first kappa shape index (κ1) is 14.7. The van der Waals surface area contributed by atoms with Crippen LogP contribution in [0.15, 0.2) is 30.5 Å². The van der Waals surface area contributed by atoms with E-state index in [-0.39, 0.29) is 5.82 Å². The van der Waals surface area contributed by atoms with Crippen LogP contribution in [0.5, 0.6) is 0 Å². The van der Waals surface area contributed by atoms with Crippen LogP contribution in [0.3, 0.4) is 0 Å². The minimum atomic E-state index is -0.176. The van der Waals surface area contributed by atoms with Crippen molar-refractivity contribution in [2.75, 3.05) is 29.9 Å². The number of nitrogens with one attached hydrogen (secondary N) is 1. The van der Waals surface area contributed by atoms with E-state index in [0.29, 0.717) is 24.5 Å². The normalized spacial score (nSPS) is 14.9. The maximum absolute atomic E-state index is 13.5. The zero-order chi connectivity index (χ0) is 15.2. The van der Waals surface area contributed by atoms with E-state index in [1.807, 2.05) is 6.07 Å². The summed E-state index contributed by atoms with van der Waals surface area (Å²) in [7, 11) is 0. The van der Waals surface area contributed by atoms with E-state index >= 15 is 0 Å². The maximum Gasteiger partial charge on any atom is 0.244 e. The Bertz CT molecular complexity index is 613. The number of anilines is 2.